The van der Waals surface area contributed by atoms with Crippen LogP contribution in [0.4, 0.5) is 0 Å². The molecule has 0 radical (unpaired) electrons. The summed E-state index contributed by atoms with van der Waals surface area (Å²) in [5.74, 6) is 0. The predicted octanol–water partition coefficient (Wildman–Crippen LogP) is 1.22. The fourth-order valence-electron chi connectivity index (χ4n) is 2.55. The van der Waals surface area contributed by atoms with E-state index in [1.165, 1.54) is 12.8 Å². The monoisotopic (exact) mass is 226 g/mol. The Morgan fingerprint density at radius 1 is 1.44 bits per heavy atom. The molecule has 16 heavy (non-hydrogen) atoms. The number of nitrogens with one attached hydrogen (secondary N) is 1. The van der Waals surface area contributed by atoms with Crippen molar-refractivity contribution in [1.82, 2.24) is 10.2 Å². The first-order valence-electron chi connectivity index (χ1n) is 6.56. The molecule has 3 unspecified atom stereocenters. The lowest BCUT2D eigenvalue weighted by molar-refractivity contribution is -0.0735. The molecule has 2 aliphatic carbocycles. The topological polar surface area (TPSA) is 35.5 Å². The summed E-state index contributed by atoms with van der Waals surface area (Å²) in [7, 11) is 2.23. The Balaban J connectivity index is 1.71. The smallest absolute Gasteiger partial charge is 0.0621 e. The largest absolute Gasteiger partial charge is 0.392 e. The maximum atomic E-state index is 9.67. The minimum atomic E-state index is -0.124. The number of aliphatic hydroxyl groups is 1. The molecule has 2 aliphatic rings. The highest BCUT2D eigenvalue weighted by Crippen LogP contribution is 2.40. The van der Waals surface area contributed by atoms with E-state index in [-0.39, 0.29) is 11.5 Å². The van der Waals surface area contributed by atoms with Gasteiger partial charge in [-0.15, -0.1) is 0 Å². The highest BCUT2D eigenvalue weighted by Gasteiger charge is 2.47. The van der Waals surface area contributed by atoms with Gasteiger partial charge in [0.05, 0.1) is 6.10 Å². The second kappa shape index (κ2) is 4.28. The van der Waals surface area contributed by atoms with Crippen LogP contribution in [-0.4, -0.2) is 47.8 Å². The Bertz CT molecular complexity index is 250. The minimum Gasteiger partial charge on any atom is -0.392 e. The number of nitrogens with zero attached hydrogens (tertiary/aromatic N) is 1. The summed E-state index contributed by atoms with van der Waals surface area (Å²) in [4.78, 5) is 2.48. The fraction of sp³-hybridized carbons (Fsp3) is 1.00. The average Bonchev–Trinajstić information content (AvgIpc) is 3.06. The number of rotatable bonds is 5. The Kier molecular flexibility index (Phi) is 3.30. The van der Waals surface area contributed by atoms with Crippen molar-refractivity contribution in [3.63, 3.8) is 0 Å². The van der Waals surface area contributed by atoms with E-state index in [2.05, 4.69) is 38.0 Å². The Morgan fingerprint density at radius 2 is 2.06 bits per heavy atom. The molecule has 0 amide bonds. The summed E-state index contributed by atoms with van der Waals surface area (Å²) in [6, 6.07) is 1.91. The molecule has 0 spiro atoms. The maximum Gasteiger partial charge on any atom is 0.0621 e. The quantitative estimate of drug-likeness (QED) is 0.740. The first kappa shape index (κ1) is 12.3. The molecule has 0 heterocycles. The van der Waals surface area contributed by atoms with Crippen LogP contribution in [0.15, 0.2) is 0 Å². The molecule has 0 aromatic rings. The van der Waals surface area contributed by atoms with Crippen molar-refractivity contribution in [2.45, 2.75) is 64.3 Å². The third-order valence-electron chi connectivity index (χ3n) is 4.69. The molecule has 2 N–H and O–H groups in total. The number of hydrogen-bond acceptors (Lipinski definition) is 3. The van der Waals surface area contributed by atoms with E-state index in [0.29, 0.717) is 12.1 Å². The normalized spacial score (nSPS) is 34.9. The fourth-order valence-corrected chi connectivity index (χ4v) is 2.55. The van der Waals surface area contributed by atoms with E-state index in [4.69, 9.17) is 0 Å². The van der Waals surface area contributed by atoms with Gasteiger partial charge in [0, 0.05) is 30.1 Å². The molecular formula is C13H26N2O. The zero-order chi connectivity index (χ0) is 11.9. The number of likely N-dealkylation sites (N-methyl/N-ethyl adjacent to an activating group) is 1. The van der Waals surface area contributed by atoms with E-state index < -0.39 is 0 Å². The SMILES string of the molecule is CC(CNC1CC(O)C1(C)C)N(C)C1CC1. The predicted molar refractivity (Wildman–Crippen MR) is 66.4 cm³/mol. The molecule has 3 heteroatoms. The number of aliphatic hydroxyl groups excluding tert-OH is 1. The van der Waals surface area contributed by atoms with Crippen LogP contribution in [0, 0.1) is 5.41 Å². The molecule has 0 saturated heterocycles. The zero-order valence-corrected chi connectivity index (χ0v) is 11.0. The van der Waals surface area contributed by atoms with Crippen molar-refractivity contribution in [2.75, 3.05) is 13.6 Å². The van der Waals surface area contributed by atoms with Gasteiger partial charge in [0.15, 0.2) is 0 Å². The highest BCUT2D eigenvalue weighted by atomic mass is 16.3. The molecule has 0 aliphatic heterocycles. The van der Waals surface area contributed by atoms with E-state index in [1.807, 2.05) is 0 Å². The van der Waals surface area contributed by atoms with Gasteiger partial charge < -0.3 is 10.4 Å². The minimum absolute atomic E-state index is 0.0534. The first-order valence-corrected chi connectivity index (χ1v) is 6.56. The van der Waals surface area contributed by atoms with E-state index in [9.17, 15) is 5.11 Å². The second-order valence-corrected chi connectivity index (χ2v) is 6.28. The van der Waals surface area contributed by atoms with Crippen molar-refractivity contribution >= 4 is 0 Å². The van der Waals surface area contributed by atoms with Crippen LogP contribution < -0.4 is 5.32 Å². The summed E-state index contributed by atoms with van der Waals surface area (Å²) in [6.07, 6.45) is 3.52. The molecule has 0 aromatic carbocycles. The van der Waals surface area contributed by atoms with Gasteiger partial charge in [0.1, 0.15) is 0 Å². The maximum absolute atomic E-state index is 9.67. The van der Waals surface area contributed by atoms with Crippen LogP contribution in [-0.2, 0) is 0 Å². The van der Waals surface area contributed by atoms with Crippen molar-refractivity contribution < 1.29 is 5.11 Å². The van der Waals surface area contributed by atoms with Crippen LogP contribution >= 0.6 is 0 Å². The number of hydrogen-bond donors (Lipinski definition) is 2. The lowest BCUT2D eigenvalue weighted by Gasteiger charge is -2.50. The van der Waals surface area contributed by atoms with Gasteiger partial charge in [-0.2, -0.15) is 0 Å². The second-order valence-electron chi connectivity index (χ2n) is 6.28. The standard InChI is InChI=1S/C13H26N2O/c1-9(15(4)10-5-6-10)8-14-11-7-12(16)13(11,2)3/h9-12,14,16H,5-8H2,1-4H3. The van der Waals surface area contributed by atoms with E-state index in [1.54, 1.807) is 0 Å². The van der Waals surface area contributed by atoms with Gasteiger partial charge in [0.2, 0.25) is 0 Å². The van der Waals surface area contributed by atoms with E-state index in [0.717, 1.165) is 19.0 Å². The summed E-state index contributed by atoms with van der Waals surface area (Å²) in [6.45, 7) is 7.61. The lowest BCUT2D eigenvalue weighted by Crippen LogP contribution is -2.61. The van der Waals surface area contributed by atoms with Gasteiger partial charge in [-0.25, -0.2) is 0 Å². The Labute approximate surface area is 99.2 Å². The van der Waals surface area contributed by atoms with Crippen LogP contribution in [0.2, 0.25) is 0 Å². The molecule has 2 fully saturated rings. The first-order chi connectivity index (χ1) is 7.43. The zero-order valence-electron chi connectivity index (χ0n) is 11.0. The molecule has 3 nitrogen and oxygen atoms in total. The highest BCUT2D eigenvalue weighted by molar-refractivity contribution is 5.02. The van der Waals surface area contributed by atoms with Gasteiger partial charge in [-0.05, 0) is 33.2 Å². The van der Waals surface area contributed by atoms with Gasteiger partial charge in [-0.1, -0.05) is 13.8 Å². The van der Waals surface area contributed by atoms with Crippen LogP contribution in [0.3, 0.4) is 0 Å². The van der Waals surface area contributed by atoms with Gasteiger partial charge in [0.25, 0.3) is 0 Å². The van der Waals surface area contributed by atoms with Crippen molar-refractivity contribution in [3.8, 4) is 0 Å². The Hall–Kier alpha value is -0.120. The van der Waals surface area contributed by atoms with E-state index >= 15 is 0 Å². The third-order valence-corrected chi connectivity index (χ3v) is 4.69. The molecule has 94 valence electrons. The van der Waals surface area contributed by atoms with Gasteiger partial charge >= 0.3 is 0 Å². The molecule has 0 aromatic heterocycles. The molecule has 2 rings (SSSR count). The van der Waals surface area contributed by atoms with Crippen molar-refractivity contribution in [1.29, 1.82) is 0 Å². The summed E-state index contributed by atoms with van der Waals surface area (Å²) >= 11 is 0. The van der Waals surface area contributed by atoms with Crippen LogP contribution in [0.5, 0.6) is 0 Å². The summed E-state index contributed by atoms with van der Waals surface area (Å²) in [5, 5.41) is 13.3. The average molecular weight is 226 g/mol. The third kappa shape index (κ3) is 2.27. The van der Waals surface area contributed by atoms with Crippen LogP contribution in [0.25, 0.3) is 0 Å². The van der Waals surface area contributed by atoms with Gasteiger partial charge in [-0.3, -0.25) is 4.90 Å². The molecule has 2 saturated carbocycles. The summed E-state index contributed by atoms with van der Waals surface area (Å²) in [5.41, 5.74) is 0.0534. The van der Waals surface area contributed by atoms with Crippen molar-refractivity contribution in [3.05, 3.63) is 0 Å². The molecular weight excluding hydrogens is 200 g/mol. The lowest BCUT2D eigenvalue weighted by atomic mass is 9.64. The molecule has 3 atom stereocenters. The van der Waals surface area contributed by atoms with Crippen molar-refractivity contribution in [2.24, 2.45) is 5.41 Å². The van der Waals surface area contributed by atoms with Crippen LogP contribution in [0.1, 0.15) is 40.0 Å². The summed E-state index contributed by atoms with van der Waals surface area (Å²) < 4.78 is 0. The Morgan fingerprint density at radius 3 is 2.50 bits per heavy atom. The molecule has 0 bridgehead atoms.